The zero-order chi connectivity index (χ0) is 20.1. The Morgan fingerprint density at radius 2 is 1.82 bits per heavy atom. The molecule has 0 bridgehead atoms. The average Bonchev–Trinajstić information content (AvgIpc) is 3.01. The molecular weight excluding hydrogens is 398 g/mol. The summed E-state index contributed by atoms with van der Waals surface area (Å²) in [7, 11) is 0. The van der Waals surface area contributed by atoms with Crippen molar-refractivity contribution < 1.29 is 19.1 Å². The van der Waals surface area contributed by atoms with Crippen LogP contribution in [0.15, 0.2) is 54.6 Å². The van der Waals surface area contributed by atoms with Gasteiger partial charge in [-0.3, -0.25) is 9.59 Å². The van der Waals surface area contributed by atoms with E-state index in [0.717, 1.165) is 15.0 Å². The molecule has 28 heavy (non-hydrogen) atoms. The fraction of sp³-hybridized carbons (Fsp3) is 0.0952. The first-order chi connectivity index (χ1) is 13.4. The molecule has 1 aromatic heterocycles. The number of ketones is 1. The maximum atomic E-state index is 11.9. The number of ether oxygens (including phenoxy) is 1. The standard InChI is InChI=1S/C21H16ClNO4S/c1-13(24)14-6-8-15(9-7-14)23-19(25)12-27-20(26)11-10-18-21(22)16-4-2-3-5-17(16)28-18/h2-11H,12H2,1H3,(H,23,25)/b11-10+. The van der Waals surface area contributed by atoms with Gasteiger partial charge in [-0.15, -0.1) is 11.3 Å². The number of esters is 1. The Morgan fingerprint density at radius 3 is 2.50 bits per heavy atom. The molecule has 0 unspecified atom stereocenters. The average molecular weight is 414 g/mol. The molecule has 1 amide bonds. The third kappa shape index (κ3) is 4.85. The summed E-state index contributed by atoms with van der Waals surface area (Å²) in [5.41, 5.74) is 1.06. The maximum absolute atomic E-state index is 11.9. The van der Waals surface area contributed by atoms with Crippen molar-refractivity contribution in [2.75, 3.05) is 11.9 Å². The van der Waals surface area contributed by atoms with Gasteiger partial charge >= 0.3 is 5.97 Å². The van der Waals surface area contributed by atoms with Gasteiger partial charge in [-0.2, -0.15) is 0 Å². The van der Waals surface area contributed by atoms with E-state index in [4.69, 9.17) is 16.3 Å². The topological polar surface area (TPSA) is 72.5 Å². The van der Waals surface area contributed by atoms with E-state index in [-0.39, 0.29) is 5.78 Å². The van der Waals surface area contributed by atoms with E-state index < -0.39 is 18.5 Å². The van der Waals surface area contributed by atoms with E-state index in [2.05, 4.69) is 5.32 Å². The number of carbonyl (C=O) groups is 3. The lowest BCUT2D eigenvalue weighted by molar-refractivity contribution is -0.142. The van der Waals surface area contributed by atoms with Gasteiger partial charge in [0.1, 0.15) is 0 Å². The van der Waals surface area contributed by atoms with Crippen LogP contribution in [0, 0.1) is 0 Å². The smallest absolute Gasteiger partial charge is 0.331 e. The van der Waals surface area contributed by atoms with Crippen LogP contribution >= 0.6 is 22.9 Å². The predicted octanol–water partition coefficient (Wildman–Crippen LogP) is 4.95. The lowest BCUT2D eigenvalue weighted by atomic mass is 10.1. The lowest BCUT2D eigenvalue weighted by Gasteiger charge is -2.06. The fourth-order valence-electron chi connectivity index (χ4n) is 2.45. The van der Waals surface area contributed by atoms with Crippen LogP contribution in [0.25, 0.3) is 16.2 Å². The van der Waals surface area contributed by atoms with Crippen molar-refractivity contribution in [1.82, 2.24) is 0 Å². The molecule has 0 fully saturated rings. The monoisotopic (exact) mass is 413 g/mol. The first kappa shape index (κ1) is 19.8. The molecule has 0 aliphatic carbocycles. The van der Waals surface area contributed by atoms with Gasteiger partial charge in [0.15, 0.2) is 12.4 Å². The molecule has 3 rings (SSSR count). The SMILES string of the molecule is CC(=O)c1ccc(NC(=O)COC(=O)/C=C/c2sc3ccccc3c2Cl)cc1. The molecule has 0 radical (unpaired) electrons. The molecule has 5 nitrogen and oxygen atoms in total. The third-order valence-corrected chi connectivity index (χ3v) is 5.51. The zero-order valence-corrected chi connectivity index (χ0v) is 16.5. The van der Waals surface area contributed by atoms with Crippen molar-refractivity contribution in [3.05, 3.63) is 70.1 Å². The van der Waals surface area contributed by atoms with E-state index in [0.29, 0.717) is 16.3 Å². The second-order valence-electron chi connectivity index (χ2n) is 5.90. The molecule has 2 aromatic carbocycles. The summed E-state index contributed by atoms with van der Waals surface area (Å²) in [4.78, 5) is 35.7. The summed E-state index contributed by atoms with van der Waals surface area (Å²) in [6.07, 6.45) is 2.82. The van der Waals surface area contributed by atoms with E-state index >= 15 is 0 Å². The quantitative estimate of drug-likeness (QED) is 0.352. The van der Waals surface area contributed by atoms with Crippen molar-refractivity contribution in [3.8, 4) is 0 Å². The number of thiophene rings is 1. The van der Waals surface area contributed by atoms with Crippen LogP contribution in [0.3, 0.4) is 0 Å². The highest BCUT2D eigenvalue weighted by Gasteiger charge is 2.09. The number of anilines is 1. The minimum Gasteiger partial charge on any atom is -0.452 e. The Labute approximate surface area is 170 Å². The highest BCUT2D eigenvalue weighted by atomic mass is 35.5. The number of Topliss-reactive ketones (excluding diaryl/α,β-unsaturated/α-hetero) is 1. The largest absolute Gasteiger partial charge is 0.452 e. The van der Waals surface area contributed by atoms with Gasteiger partial charge in [-0.25, -0.2) is 4.79 Å². The predicted molar refractivity (Wildman–Crippen MR) is 112 cm³/mol. The number of rotatable bonds is 6. The van der Waals surface area contributed by atoms with E-state index in [1.807, 2.05) is 24.3 Å². The van der Waals surface area contributed by atoms with E-state index in [9.17, 15) is 14.4 Å². The molecule has 0 spiro atoms. The molecule has 0 saturated carbocycles. The maximum Gasteiger partial charge on any atom is 0.331 e. The van der Waals surface area contributed by atoms with Crippen molar-refractivity contribution in [2.45, 2.75) is 6.92 Å². The number of fused-ring (bicyclic) bond motifs is 1. The summed E-state index contributed by atoms with van der Waals surface area (Å²) in [6.45, 7) is 1.05. The summed E-state index contributed by atoms with van der Waals surface area (Å²) >= 11 is 7.78. The number of carbonyl (C=O) groups excluding carboxylic acids is 3. The lowest BCUT2D eigenvalue weighted by Crippen LogP contribution is -2.20. The molecular formula is C21H16ClNO4S. The number of hydrogen-bond donors (Lipinski definition) is 1. The van der Waals surface area contributed by atoms with E-state index in [1.165, 1.54) is 24.3 Å². The van der Waals surface area contributed by atoms with Gasteiger partial charge in [0.25, 0.3) is 5.91 Å². The Kier molecular flexibility index (Phi) is 6.23. The van der Waals surface area contributed by atoms with Gasteiger partial charge in [0.05, 0.1) is 5.02 Å². The number of amides is 1. The van der Waals surface area contributed by atoms with Crippen LogP contribution in [0.5, 0.6) is 0 Å². The Bertz CT molecular complexity index is 1070. The molecule has 3 aromatic rings. The van der Waals surface area contributed by atoms with Gasteiger partial charge in [-0.1, -0.05) is 29.8 Å². The number of halogens is 1. The first-order valence-corrected chi connectivity index (χ1v) is 9.56. The van der Waals surface area contributed by atoms with Gasteiger partial charge in [0.2, 0.25) is 0 Å². The van der Waals surface area contributed by atoms with Gasteiger partial charge in [0, 0.05) is 32.3 Å². The summed E-state index contributed by atoms with van der Waals surface area (Å²) in [6, 6.07) is 14.1. The second kappa shape index (κ2) is 8.82. The number of nitrogens with one attached hydrogen (secondary N) is 1. The van der Waals surface area contributed by atoms with Crippen LogP contribution in [-0.4, -0.2) is 24.3 Å². The molecule has 1 N–H and O–H groups in total. The Hall–Kier alpha value is -2.96. The molecule has 0 aliphatic heterocycles. The molecule has 0 atom stereocenters. The first-order valence-electron chi connectivity index (χ1n) is 8.37. The Balaban J connectivity index is 1.53. The molecule has 7 heteroatoms. The molecule has 0 aliphatic rings. The Morgan fingerprint density at radius 1 is 1.11 bits per heavy atom. The van der Waals surface area contributed by atoms with Crippen molar-refractivity contribution in [3.63, 3.8) is 0 Å². The summed E-state index contributed by atoms with van der Waals surface area (Å²) < 4.78 is 5.97. The normalized spacial score (nSPS) is 10.9. The van der Waals surface area contributed by atoms with Crippen LogP contribution in [0.1, 0.15) is 22.2 Å². The second-order valence-corrected chi connectivity index (χ2v) is 7.36. The van der Waals surface area contributed by atoms with Crippen molar-refractivity contribution in [1.29, 1.82) is 0 Å². The van der Waals surface area contributed by atoms with E-state index in [1.54, 1.807) is 30.3 Å². The van der Waals surface area contributed by atoms with Crippen LogP contribution < -0.4 is 5.32 Å². The summed E-state index contributed by atoms with van der Waals surface area (Å²) in [5.74, 6) is -1.18. The number of benzene rings is 2. The molecule has 142 valence electrons. The van der Waals surface area contributed by atoms with Crippen LogP contribution in [0.2, 0.25) is 5.02 Å². The van der Waals surface area contributed by atoms with Crippen molar-refractivity contribution in [2.24, 2.45) is 0 Å². The third-order valence-electron chi connectivity index (χ3n) is 3.85. The minimum atomic E-state index is -0.643. The highest BCUT2D eigenvalue weighted by Crippen LogP contribution is 2.35. The molecule has 1 heterocycles. The fourth-order valence-corrected chi connectivity index (χ4v) is 3.85. The number of hydrogen-bond acceptors (Lipinski definition) is 5. The van der Waals surface area contributed by atoms with Gasteiger partial charge in [-0.05, 0) is 43.3 Å². The minimum absolute atomic E-state index is 0.0580. The molecule has 0 saturated heterocycles. The summed E-state index contributed by atoms with van der Waals surface area (Å²) in [5, 5.41) is 4.10. The van der Waals surface area contributed by atoms with Gasteiger partial charge < -0.3 is 10.1 Å². The highest BCUT2D eigenvalue weighted by molar-refractivity contribution is 7.20. The van der Waals surface area contributed by atoms with Crippen LogP contribution in [-0.2, 0) is 14.3 Å². The van der Waals surface area contributed by atoms with Crippen LogP contribution in [0.4, 0.5) is 5.69 Å². The van der Waals surface area contributed by atoms with Crippen molar-refractivity contribution >= 4 is 62.4 Å². The zero-order valence-electron chi connectivity index (χ0n) is 14.9.